The maximum absolute atomic E-state index is 13.4. The first-order valence-corrected chi connectivity index (χ1v) is 14.9. The fraction of sp³-hybridized carbons (Fsp3) is 0.515. The summed E-state index contributed by atoms with van der Waals surface area (Å²) in [5.74, 6) is 1.98. The number of likely N-dealkylation sites (tertiary alicyclic amines) is 1. The summed E-state index contributed by atoms with van der Waals surface area (Å²) in [6.45, 7) is 10.9. The second-order valence-electron chi connectivity index (χ2n) is 13.2. The summed E-state index contributed by atoms with van der Waals surface area (Å²) >= 11 is 0. The van der Waals surface area contributed by atoms with Gasteiger partial charge in [0.15, 0.2) is 11.5 Å². The van der Waals surface area contributed by atoms with Gasteiger partial charge in [-0.1, -0.05) is 30.3 Å². The lowest BCUT2D eigenvalue weighted by Gasteiger charge is -2.44. The molecule has 1 aromatic heterocycles. The highest BCUT2D eigenvalue weighted by molar-refractivity contribution is 5.91. The van der Waals surface area contributed by atoms with Gasteiger partial charge in [-0.2, -0.15) is 4.98 Å². The highest BCUT2D eigenvalue weighted by Gasteiger charge is 2.40. The summed E-state index contributed by atoms with van der Waals surface area (Å²) in [6.07, 6.45) is 1.14. The Labute approximate surface area is 260 Å². The second-order valence-corrected chi connectivity index (χ2v) is 13.2. The zero-order chi connectivity index (χ0) is 32.3. The molecule has 0 radical (unpaired) electrons. The van der Waals surface area contributed by atoms with Crippen molar-refractivity contribution in [1.82, 2.24) is 20.2 Å². The molecule has 3 aromatic rings. The van der Waals surface area contributed by atoms with E-state index < -0.39 is 17.2 Å². The topological polar surface area (TPSA) is 132 Å². The number of nitrogens with one attached hydrogen (secondary N) is 1. The molecule has 11 nitrogen and oxygen atoms in total. The number of piperidine rings is 1. The van der Waals surface area contributed by atoms with E-state index in [1.165, 1.54) is 5.56 Å². The normalized spacial score (nSPS) is 15.0. The monoisotopic (exact) mass is 606 g/mol. The van der Waals surface area contributed by atoms with Crippen molar-refractivity contribution in [3.05, 3.63) is 48.0 Å². The molecule has 1 aliphatic heterocycles. The number of methoxy groups -OCH3 is 2. The molecule has 0 bridgehead atoms. The van der Waals surface area contributed by atoms with Gasteiger partial charge < -0.3 is 35.1 Å². The van der Waals surface area contributed by atoms with Gasteiger partial charge in [-0.15, -0.1) is 0 Å². The highest BCUT2D eigenvalue weighted by Crippen LogP contribution is 2.38. The molecule has 0 unspecified atom stereocenters. The van der Waals surface area contributed by atoms with Crippen LogP contribution in [-0.2, 0) is 14.9 Å². The second kappa shape index (κ2) is 12.8. The van der Waals surface area contributed by atoms with Crippen molar-refractivity contribution in [2.45, 2.75) is 70.4 Å². The predicted molar refractivity (Wildman–Crippen MR) is 172 cm³/mol. The summed E-state index contributed by atoms with van der Waals surface area (Å²) in [6, 6.07) is 14.0. The van der Waals surface area contributed by atoms with Crippen LogP contribution in [0.3, 0.4) is 0 Å². The largest absolute Gasteiger partial charge is 0.493 e. The van der Waals surface area contributed by atoms with Crippen LogP contribution in [0.4, 0.5) is 16.6 Å². The van der Waals surface area contributed by atoms with Crippen LogP contribution in [0.15, 0.2) is 42.5 Å². The Morgan fingerprint density at radius 1 is 1.00 bits per heavy atom. The maximum atomic E-state index is 13.4. The molecule has 2 amide bonds. The molecule has 44 heavy (non-hydrogen) atoms. The third-order valence-corrected chi connectivity index (χ3v) is 7.99. The number of likely N-dealkylation sites (N-methyl/N-ethyl adjacent to an activating group) is 1. The van der Waals surface area contributed by atoms with Gasteiger partial charge in [0.1, 0.15) is 11.4 Å². The molecule has 1 aliphatic rings. The Morgan fingerprint density at radius 2 is 1.61 bits per heavy atom. The number of hydrogen-bond donors (Lipinski definition) is 2. The molecule has 0 aliphatic carbocycles. The number of amides is 2. The quantitative estimate of drug-likeness (QED) is 0.348. The molecule has 0 saturated carbocycles. The van der Waals surface area contributed by atoms with Gasteiger partial charge >= 0.3 is 6.09 Å². The molecule has 0 atom stereocenters. The van der Waals surface area contributed by atoms with Crippen LogP contribution in [0.2, 0.25) is 0 Å². The average Bonchev–Trinajstić information content (AvgIpc) is 2.95. The molecule has 238 valence electrons. The van der Waals surface area contributed by atoms with Gasteiger partial charge in [0.05, 0.1) is 19.7 Å². The van der Waals surface area contributed by atoms with Crippen LogP contribution >= 0.6 is 0 Å². The van der Waals surface area contributed by atoms with Crippen LogP contribution in [0, 0.1) is 0 Å². The molecule has 11 heteroatoms. The summed E-state index contributed by atoms with van der Waals surface area (Å²) in [5, 5.41) is 3.53. The van der Waals surface area contributed by atoms with Crippen molar-refractivity contribution < 1.29 is 23.8 Å². The standard InChI is InChI=1S/C33H46N6O5/c1-31(2,3)44-30(41)37-32(4,5)20-27(40)39-16-14-33(15-17-39,22-12-10-9-11-13-22)21-38(6)29-35-24-19-26(43-8)25(42-7)18-23(24)28(34)36-29/h9-13,18-19H,14-17,20-21H2,1-8H3,(H,37,41)(H2,34,35,36). The zero-order valence-corrected chi connectivity index (χ0v) is 27.2. The Hall–Kier alpha value is -4.28. The van der Waals surface area contributed by atoms with E-state index in [9.17, 15) is 9.59 Å². The maximum Gasteiger partial charge on any atom is 0.408 e. The van der Waals surface area contributed by atoms with Crippen molar-refractivity contribution in [2.75, 3.05) is 51.5 Å². The molecule has 4 rings (SSSR count). The first kappa shape index (κ1) is 32.6. The average molecular weight is 607 g/mol. The third-order valence-electron chi connectivity index (χ3n) is 7.99. The van der Waals surface area contributed by atoms with Gasteiger partial charge in [0, 0.05) is 55.5 Å². The number of rotatable bonds is 9. The van der Waals surface area contributed by atoms with Crippen LogP contribution in [0.5, 0.6) is 11.5 Å². The van der Waals surface area contributed by atoms with E-state index in [4.69, 9.17) is 24.9 Å². The summed E-state index contributed by atoms with van der Waals surface area (Å²) in [5.41, 5.74) is 6.64. The molecule has 2 aromatic carbocycles. The number of alkyl carbamates (subject to hydrolysis) is 1. The number of nitrogens with zero attached hydrogens (tertiary/aromatic N) is 4. The Kier molecular flexibility index (Phi) is 9.46. The number of carbonyl (C=O) groups excluding carboxylic acids is 2. The van der Waals surface area contributed by atoms with Crippen molar-refractivity contribution in [3.8, 4) is 11.5 Å². The summed E-state index contributed by atoms with van der Waals surface area (Å²) < 4.78 is 16.3. The minimum Gasteiger partial charge on any atom is -0.493 e. The number of anilines is 2. The van der Waals surface area contributed by atoms with Crippen LogP contribution < -0.4 is 25.4 Å². The van der Waals surface area contributed by atoms with E-state index in [1.807, 2.05) is 69.7 Å². The van der Waals surface area contributed by atoms with Gasteiger partial charge in [-0.05, 0) is 59.1 Å². The number of nitrogens with two attached hydrogens (primary N) is 1. The van der Waals surface area contributed by atoms with Crippen molar-refractivity contribution >= 4 is 34.7 Å². The van der Waals surface area contributed by atoms with Gasteiger partial charge in [-0.25, -0.2) is 9.78 Å². The Balaban J connectivity index is 1.52. The number of ether oxygens (including phenoxy) is 3. The summed E-state index contributed by atoms with van der Waals surface area (Å²) in [4.78, 5) is 39.2. The van der Waals surface area contributed by atoms with Crippen LogP contribution in [0.25, 0.3) is 10.9 Å². The minimum atomic E-state index is -0.756. The van der Waals surface area contributed by atoms with Crippen LogP contribution in [-0.4, -0.2) is 78.9 Å². The van der Waals surface area contributed by atoms with E-state index in [2.05, 4.69) is 22.4 Å². The number of fused-ring (bicyclic) bond motifs is 1. The first-order valence-electron chi connectivity index (χ1n) is 14.9. The SMILES string of the molecule is COc1cc2nc(N(C)CC3(c4ccccc4)CCN(C(=O)CC(C)(C)NC(=O)OC(C)(C)C)CC3)nc(N)c2cc1OC. The van der Waals surface area contributed by atoms with Crippen molar-refractivity contribution in [1.29, 1.82) is 0 Å². The lowest BCUT2D eigenvalue weighted by molar-refractivity contribution is -0.134. The molecule has 1 saturated heterocycles. The number of benzene rings is 2. The van der Waals surface area contributed by atoms with Crippen LogP contribution in [0.1, 0.15) is 59.4 Å². The minimum absolute atomic E-state index is 0.00362. The Morgan fingerprint density at radius 3 is 2.20 bits per heavy atom. The number of nitrogen functional groups attached to an aromatic ring is 1. The fourth-order valence-electron chi connectivity index (χ4n) is 5.79. The molecule has 1 fully saturated rings. The van der Waals surface area contributed by atoms with E-state index in [0.717, 1.165) is 12.8 Å². The Bertz CT molecular complexity index is 1480. The van der Waals surface area contributed by atoms with E-state index in [0.29, 0.717) is 53.8 Å². The fourth-order valence-corrected chi connectivity index (χ4v) is 5.79. The van der Waals surface area contributed by atoms with Crippen molar-refractivity contribution in [2.24, 2.45) is 0 Å². The van der Waals surface area contributed by atoms with E-state index >= 15 is 0 Å². The van der Waals surface area contributed by atoms with Gasteiger partial charge in [0.2, 0.25) is 11.9 Å². The van der Waals surface area contributed by atoms with Crippen molar-refractivity contribution in [3.63, 3.8) is 0 Å². The molecule has 2 heterocycles. The zero-order valence-electron chi connectivity index (χ0n) is 27.2. The lowest BCUT2D eigenvalue weighted by Crippen LogP contribution is -2.53. The summed E-state index contributed by atoms with van der Waals surface area (Å²) in [7, 11) is 5.13. The highest BCUT2D eigenvalue weighted by atomic mass is 16.6. The smallest absolute Gasteiger partial charge is 0.408 e. The molecular weight excluding hydrogens is 560 g/mol. The third kappa shape index (κ3) is 7.62. The molecule has 0 spiro atoms. The van der Waals surface area contributed by atoms with E-state index in [-0.39, 0.29) is 17.7 Å². The molecule has 3 N–H and O–H groups in total. The first-order chi connectivity index (χ1) is 20.6. The number of carbonyl (C=O) groups is 2. The number of aromatic nitrogens is 2. The van der Waals surface area contributed by atoms with E-state index in [1.54, 1.807) is 26.4 Å². The predicted octanol–water partition coefficient (Wildman–Crippen LogP) is 4.92. The number of hydrogen-bond acceptors (Lipinski definition) is 9. The van der Waals surface area contributed by atoms with Gasteiger partial charge in [-0.3, -0.25) is 4.79 Å². The van der Waals surface area contributed by atoms with Gasteiger partial charge in [0.25, 0.3) is 0 Å². The lowest BCUT2D eigenvalue weighted by atomic mass is 9.72. The molecular formula is C33H46N6O5.